The number of amides is 1. The minimum absolute atomic E-state index is 0.0815. The molecule has 0 radical (unpaired) electrons. The fourth-order valence-electron chi connectivity index (χ4n) is 1.13. The van der Waals surface area contributed by atoms with Gasteiger partial charge in [-0.1, -0.05) is 11.6 Å². The first kappa shape index (κ1) is 12.9. The first-order chi connectivity index (χ1) is 7.61. The molecular formula is C11H15ClN2O2. The zero-order valence-electron chi connectivity index (χ0n) is 9.37. The van der Waals surface area contributed by atoms with Crippen molar-refractivity contribution in [3.8, 4) is 0 Å². The van der Waals surface area contributed by atoms with E-state index < -0.39 is 0 Å². The van der Waals surface area contributed by atoms with E-state index in [1.54, 1.807) is 25.4 Å². The van der Waals surface area contributed by atoms with Crippen molar-refractivity contribution in [3.05, 3.63) is 23.4 Å². The van der Waals surface area contributed by atoms with Gasteiger partial charge >= 0.3 is 0 Å². The third-order valence-electron chi connectivity index (χ3n) is 2.17. The lowest BCUT2D eigenvalue weighted by molar-refractivity contribution is -0.116. The largest absolute Gasteiger partial charge is 0.382 e. The van der Waals surface area contributed by atoms with E-state index >= 15 is 0 Å². The van der Waals surface area contributed by atoms with E-state index in [0.29, 0.717) is 23.7 Å². The van der Waals surface area contributed by atoms with Crippen LogP contribution in [-0.2, 0) is 9.53 Å². The fraction of sp³-hybridized carbons (Fsp3) is 0.455. The van der Waals surface area contributed by atoms with Crippen LogP contribution in [0.5, 0.6) is 0 Å². The molecule has 0 aliphatic carbocycles. The maximum absolute atomic E-state index is 11.5. The Morgan fingerprint density at radius 1 is 1.69 bits per heavy atom. The van der Waals surface area contributed by atoms with Crippen LogP contribution in [0.1, 0.15) is 19.8 Å². The molecule has 1 aromatic heterocycles. The number of halogens is 1. The molecule has 4 nitrogen and oxygen atoms in total. The molecule has 88 valence electrons. The third-order valence-corrected chi connectivity index (χ3v) is 2.40. The number of hydrogen-bond donors (Lipinski definition) is 1. The van der Waals surface area contributed by atoms with Gasteiger partial charge in [0.2, 0.25) is 5.91 Å². The van der Waals surface area contributed by atoms with Gasteiger partial charge in [-0.2, -0.15) is 0 Å². The van der Waals surface area contributed by atoms with Gasteiger partial charge in [0.05, 0.1) is 6.10 Å². The summed E-state index contributed by atoms with van der Waals surface area (Å²) in [5.41, 5.74) is 0. The molecule has 0 spiro atoms. The van der Waals surface area contributed by atoms with Crippen LogP contribution in [0.15, 0.2) is 18.3 Å². The number of aromatic nitrogens is 1. The van der Waals surface area contributed by atoms with E-state index in [9.17, 15) is 4.79 Å². The van der Waals surface area contributed by atoms with Crippen molar-refractivity contribution in [2.45, 2.75) is 25.9 Å². The summed E-state index contributed by atoms with van der Waals surface area (Å²) >= 11 is 5.77. The lowest BCUT2D eigenvalue weighted by atomic mass is 10.2. The number of ether oxygens (including phenoxy) is 1. The Hall–Kier alpha value is -1.13. The van der Waals surface area contributed by atoms with Crippen molar-refractivity contribution in [2.75, 3.05) is 12.4 Å². The van der Waals surface area contributed by atoms with Crippen molar-refractivity contribution in [1.82, 2.24) is 4.98 Å². The number of anilines is 1. The second kappa shape index (κ2) is 6.45. The Morgan fingerprint density at radius 3 is 3.06 bits per heavy atom. The van der Waals surface area contributed by atoms with Crippen LogP contribution in [0.25, 0.3) is 0 Å². The monoisotopic (exact) mass is 242 g/mol. The van der Waals surface area contributed by atoms with Gasteiger partial charge < -0.3 is 10.1 Å². The summed E-state index contributed by atoms with van der Waals surface area (Å²) < 4.78 is 5.05. The predicted molar refractivity (Wildman–Crippen MR) is 63.6 cm³/mol. The standard InChI is InChI=1S/C11H15ClN2O2/c1-8(16-2)3-4-11(15)14-10-7-9(12)5-6-13-10/h5-8H,3-4H2,1-2H3,(H,13,14,15). The second-order valence-electron chi connectivity index (χ2n) is 3.49. The summed E-state index contributed by atoms with van der Waals surface area (Å²) in [6.45, 7) is 1.92. The summed E-state index contributed by atoms with van der Waals surface area (Å²) in [7, 11) is 1.63. The molecule has 5 heteroatoms. The minimum Gasteiger partial charge on any atom is -0.382 e. The number of nitrogens with zero attached hydrogens (tertiary/aromatic N) is 1. The highest BCUT2D eigenvalue weighted by Gasteiger charge is 2.06. The summed E-state index contributed by atoms with van der Waals surface area (Å²) in [5, 5.41) is 3.22. The van der Waals surface area contributed by atoms with Crippen molar-refractivity contribution in [2.24, 2.45) is 0 Å². The molecule has 16 heavy (non-hydrogen) atoms. The quantitative estimate of drug-likeness (QED) is 0.863. The maximum atomic E-state index is 11.5. The Bertz CT molecular complexity index is 358. The first-order valence-electron chi connectivity index (χ1n) is 5.06. The summed E-state index contributed by atoms with van der Waals surface area (Å²) in [5.74, 6) is 0.390. The topological polar surface area (TPSA) is 51.2 Å². The molecule has 0 saturated carbocycles. The molecular weight excluding hydrogens is 228 g/mol. The molecule has 0 saturated heterocycles. The molecule has 0 aliphatic rings. The van der Waals surface area contributed by atoms with Gasteiger partial charge in [0.15, 0.2) is 0 Å². The molecule has 1 amide bonds. The van der Waals surface area contributed by atoms with Crippen molar-refractivity contribution in [1.29, 1.82) is 0 Å². The summed E-state index contributed by atoms with van der Waals surface area (Å²) in [4.78, 5) is 15.5. The molecule has 0 bridgehead atoms. The van der Waals surface area contributed by atoms with Gasteiger partial charge in [-0.15, -0.1) is 0 Å². The Balaban J connectivity index is 2.40. The number of pyridine rings is 1. The number of rotatable bonds is 5. The molecule has 1 rings (SSSR count). The summed E-state index contributed by atoms with van der Waals surface area (Å²) in [6, 6.07) is 3.27. The van der Waals surface area contributed by atoms with Gasteiger partial charge in [0.25, 0.3) is 0 Å². The number of carbonyl (C=O) groups is 1. The smallest absolute Gasteiger partial charge is 0.225 e. The van der Waals surface area contributed by atoms with E-state index in [1.165, 1.54) is 0 Å². The van der Waals surface area contributed by atoms with Crippen LogP contribution >= 0.6 is 11.6 Å². The molecule has 1 unspecified atom stereocenters. The molecule has 1 aromatic rings. The average Bonchev–Trinajstić information content (AvgIpc) is 2.26. The minimum atomic E-state index is -0.0846. The van der Waals surface area contributed by atoms with Crippen molar-refractivity contribution in [3.63, 3.8) is 0 Å². The average molecular weight is 243 g/mol. The Morgan fingerprint density at radius 2 is 2.44 bits per heavy atom. The van der Waals surface area contributed by atoms with Crippen LogP contribution < -0.4 is 5.32 Å². The highest BCUT2D eigenvalue weighted by molar-refractivity contribution is 6.30. The van der Waals surface area contributed by atoms with E-state index in [0.717, 1.165) is 0 Å². The molecule has 1 atom stereocenters. The lowest BCUT2D eigenvalue weighted by Gasteiger charge is -2.08. The number of hydrogen-bond acceptors (Lipinski definition) is 3. The first-order valence-corrected chi connectivity index (χ1v) is 5.44. The van der Waals surface area contributed by atoms with Crippen LogP contribution in [-0.4, -0.2) is 24.1 Å². The zero-order valence-corrected chi connectivity index (χ0v) is 10.1. The fourth-order valence-corrected chi connectivity index (χ4v) is 1.29. The van der Waals surface area contributed by atoms with Crippen LogP contribution in [0.2, 0.25) is 5.02 Å². The van der Waals surface area contributed by atoms with Crippen LogP contribution in [0.3, 0.4) is 0 Å². The number of carbonyl (C=O) groups excluding carboxylic acids is 1. The predicted octanol–water partition coefficient (Wildman–Crippen LogP) is 2.49. The Kier molecular flexibility index (Phi) is 5.22. The normalized spacial score (nSPS) is 12.2. The molecule has 1 heterocycles. The van der Waals surface area contributed by atoms with Gasteiger partial charge in [-0.3, -0.25) is 4.79 Å². The second-order valence-corrected chi connectivity index (χ2v) is 3.93. The SMILES string of the molecule is COC(C)CCC(=O)Nc1cc(Cl)ccn1. The van der Waals surface area contributed by atoms with Gasteiger partial charge in [-0.05, 0) is 25.5 Å². The van der Waals surface area contributed by atoms with Gasteiger partial charge in [0, 0.05) is 24.8 Å². The van der Waals surface area contributed by atoms with Crippen molar-refractivity contribution < 1.29 is 9.53 Å². The van der Waals surface area contributed by atoms with E-state index in [-0.39, 0.29) is 12.0 Å². The van der Waals surface area contributed by atoms with Gasteiger partial charge in [-0.25, -0.2) is 4.98 Å². The van der Waals surface area contributed by atoms with Gasteiger partial charge in [0.1, 0.15) is 5.82 Å². The molecule has 0 fully saturated rings. The van der Waals surface area contributed by atoms with E-state index in [2.05, 4.69) is 10.3 Å². The molecule has 0 aliphatic heterocycles. The zero-order chi connectivity index (χ0) is 12.0. The number of methoxy groups -OCH3 is 1. The maximum Gasteiger partial charge on any atom is 0.225 e. The highest BCUT2D eigenvalue weighted by atomic mass is 35.5. The summed E-state index contributed by atoms with van der Waals surface area (Å²) in [6.07, 6.45) is 2.72. The van der Waals surface area contributed by atoms with Crippen molar-refractivity contribution >= 4 is 23.3 Å². The Labute approximate surface area is 100.0 Å². The molecule has 0 aromatic carbocycles. The van der Waals surface area contributed by atoms with Crippen LogP contribution in [0, 0.1) is 0 Å². The van der Waals surface area contributed by atoms with E-state index in [4.69, 9.17) is 16.3 Å². The van der Waals surface area contributed by atoms with Crippen LogP contribution in [0.4, 0.5) is 5.82 Å². The van der Waals surface area contributed by atoms with E-state index in [1.807, 2.05) is 6.92 Å². The lowest BCUT2D eigenvalue weighted by Crippen LogP contribution is -2.15. The highest BCUT2D eigenvalue weighted by Crippen LogP contribution is 2.12. The third kappa shape index (κ3) is 4.59. The molecule has 1 N–H and O–H groups in total. The number of nitrogens with one attached hydrogen (secondary N) is 1.